The highest BCUT2D eigenvalue weighted by molar-refractivity contribution is 9.10. The van der Waals surface area contributed by atoms with Gasteiger partial charge in [-0.15, -0.1) is 0 Å². The molecule has 0 aliphatic heterocycles. The SMILES string of the molecule is FC(F)(F)c1ccc(-c2occc2Br)cc1. The maximum Gasteiger partial charge on any atom is 0.416 e. The number of alkyl halides is 3. The zero-order valence-corrected chi connectivity index (χ0v) is 9.47. The van der Waals surface area contributed by atoms with E-state index < -0.39 is 11.7 Å². The molecule has 0 unspecified atom stereocenters. The van der Waals surface area contributed by atoms with Crippen molar-refractivity contribution in [2.45, 2.75) is 6.18 Å². The lowest BCUT2D eigenvalue weighted by molar-refractivity contribution is -0.137. The largest absolute Gasteiger partial charge is 0.463 e. The fourth-order valence-corrected chi connectivity index (χ4v) is 1.74. The van der Waals surface area contributed by atoms with Crippen LogP contribution in [-0.4, -0.2) is 0 Å². The summed E-state index contributed by atoms with van der Waals surface area (Å²) in [4.78, 5) is 0. The highest BCUT2D eigenvalue weighted by Crippen LogP contribution is 2.33. The van der Waals surface area contributed by atoms with Crippen LogP contribution in [0.25, 0.3) is 11.3 Å². The third-order valence-electron chi connectivity index (χ3n) is 2.09. The summed E-state index contributed by atoms with van der Waals surface area (Å²) in [5, 5.41) is 0. The lowest BCUT2D eigenvalue weighted by atomic mass is 10.1. The molecular formula is C11H6BrF3O. The van der Waals surface area contributed by atoms with Gasteiger partial charge >= 0.3 is 6.18 Å². The minimum Gasteiger partial charge on any atom is -0.463 e. The predicted molar refractivity (Wildman–Crippen MR) is 56.8 cm³/mol. The van der Waals surface area contributed by atoms with Crippen LogP contribution in [0.3, 0.4) is 0 Å². The Morgan fingerprint density at radius 1 is 1.00 bits per heavy atom. The molecule has 1 aromatic carbocycles. The van der Waals surface area contributed by atoms with Crippen LogP contribution in [0.1, 0.15) is 5.56 Å². The Morgan fingerprint density at radius 2 is 1.62 bits per heavy atom. The molecule has 0 saturated carbocycles. The van der Waals surface area contributed by atoms with E-state index >= 15 is 0 Å². The van der Waals surface area contributed by atoms with Gasteiger partial charge in [0.05, 0.1) is 16.3 Å². The normalized spacial score (nSPS) is 11.8. The summed E-state index contributed by atoms with van der Waals surface area (Å²) in [6.07, 6.45) is -2.84. The van der Waals surface area contributed by atoms with Gasteiger partial charge in [-0.05, 0) is 34.1 Å². The summed E-state index contributed by atoms with van der Waals surface area (Å²) in [6.45, 7) is 0. The fraction of sp³-hybridized carbons (Fsp3) is 0.0909. The van der Waals surface area contributed by atoms with E-state index in [9.17, 15) is 13.2 Å². The summed E-state index contributed by atoms with van der Waals surface area (Å²) in [5.41, 5.74) is -0.0659. The first-order chi connectivity index (χ1) is 7.48. The second-order valence-corrected chi connectivity index (χ2v) is 4.03. The molecule has 0 N–H and O–H groups in total. The molecule has 84 valence electrons. The van der Waals surface area contributed by atoms with Gasteiger partial charge in [0, 0.05) is 5.56 Å². The molecule has 1 heterocycles. The molecule has 0 spiro atoms. The highest BCUT2D eigenvalue weighted by atomic mass is 79.9. The van der Waals surface area contributed by atoms with Crippen LogP contribution in [0.15, 0.2) is 45.5 Å². The average Bonchev–Trinajstić information content (AvgIpc) is 2.63. The van der Waals surface area contributed by atoms with Gasteiger partial charge in [0.1, 0.15) is 5.76 Å². The minimum atomic E-state index is -4.31. The van der Waals surface area contributed by atoms with Crippen molar-refractivity contribution in [3.8, 4) is 11.3 Å². The van der Waals surface area contributed by atoms with Crippen molar-refractivity contribution in [2.24, 2.45) is 0 Å². The van der Waals surface area contributed by atoms with Crippen LogP contribution < -0.4 is 0 Å². The van der Waals surface area contributed by atoms with Crippen LogP contribution in [0.2, 0.25) is 0 Å². The smallest absolute Gasteiger partial charge is 0.416 e. The second-order valence-electron chi connectivity index (χ2n) is 3.17. The zero-order valence-electron chi connectivity index (χ0n) is 7.88. The number of hydrogen-bond donors (Lipinski definition) is 0. The molecule has 0 aliphatic carbocycles. The molecule has 1 nitrogen and oxygen atoms in total. The van der Waals surface area contributed by atoms with E-state index in [1.165, 1.54) is 18.4 Å². The standard InChI is InChI=1S/C11H6BrF3O/c12-9-5-6-16-10(9)7-1-3-8(4-2-7)11(13,14)15/h1-6H. The topological polar surface area (TPSA) is 13.1 Å². The van der Waals surface area contributed by atoms with Crippen LogP contribution in [0, 0.1) is 0 Å². The summed E-state index contributed by atoms with van der Waals surface area (Å²) in [5.74, 6) is 0.522. The van der Waals surface area contributed by atoms with E-state index in [2.05, 4.69) is 15.9 Å². The summed E-state index contributed by atoms with van der Waals surface area (Å²) in [7, 11) is 0. The number of hydrogen-bond acceptors (Lipinski definition) is 1. The third kappa shape index (κ3) is 2.14. The first kappa shape index (κ1) is 11.3. The van der Waals surface area contributed by atoms with E-state index in [0.717, 1.165) is 12.1 Å². The van der Waals surface area contributed by atoms with E-state index in [1.54, 1.807) is 6.07 Å². The first-order valence-corrected chi connectivity index (χ1v) is 5.18. The van der Waals surface area contributed by atoms with Gasteiger partial charge in [-0.1, -0.05) is 12.1 Å². The van der Waals surface area contributed by atoms with Crippen molar-refractivity contribution in [3.63, 3.8) is 0 Å². The monoisotopic (exact) mass is 290 g/mol. The summed E-state index contributed by atoms with van der Waals surface area (Å²) < 4.78 is 42.8. The Hall–Kier alpha value is -1.23. The molecule has 0 bridgehead atoms. The van der Waals surface area contributed by atoms with Crippen LogP contribution in [0.4, 0.5) is 13.2 Å². The molecule has 0 saturated heterocycles. The Labute approximate surface area is 98.0 Å². The average molecular weight is 291 g/mol. The van der Waals surface area contributed by atoms with Crippen molar-refractivity contribution >= 4 is 15.9 Å². The van der Waals surface area contributed by atoms with Gasteiger partial charge in [-0.2, -0.15) is 13.2 Å². The number of rotatable bonds is 1. The van der Waals surface area contributed by atoms with E-state index in [-0.39, 0.29) is 0 Å². The van der Waals surface area contributed by atoms with Crippen LogP contribution in [-0.2, 0) is 6.18 Å². The Kier molecular flexibility index (Phi) is 2.80. The van der Waals surface area contributed by atoms with Gasteiger partial charge in [-0.3, -0.25) is 0 Å². The Balaban J connectivity index is 2.37. The molecule has 5 heteroatoms. The predicted octanol–water partition coefficient (Wildman–Crippen LogP) is 4.73. The van der Waals surface area contributed by atoms with E-state index in [1.807, 2.05) is 0 Å². The number of halogens is 4. The molecule has 0 radical (unpaired) electrons. The van der Waals surface area contributed by atoms with Crippen molar-refractivity contribution in [3.05, 3.63) is 46.6 Å². The van der Waals surface area contributed by atoms with E-state index in [0.29, 0.717) is 15.8 Å². The fourth-order valence-electron chi connectivity index (χ4n) is 1.31. The quantitative estimate of drug-likeness (QED) is 0.740. The molecule has 0 amide bonds. The summed E-state index contributed by atoms with van der Waals surface area (Å²) in [6, 6.07) is 6.51. The molecule has 2 rings (SSSR count). The van der Waals surface area contributed by atoms with Crippen LogP contribution >= 0.6 is 15.9 Å². The van der Waals surface area contributed by atoms with Crippen molar-refractivity contribution in [2.75, 3.05) is 0 Å². The van der Waals surface area contributed by atoms with Gasteiger partial charge in [0.15, 0.2) is 0 Å². The number of furan rings is 1. The van der Waals surface area contributed by atoms with Crippen LogP contribution in [0.5, 0.6) is 0 Å². The minimum absolute atomic E-state index is 0.522. The molecule has 16 heavy (non-hydrogen) atoms. The lowest BCUT2D eigenvalue weighted by Crippen LogP contribution is -2.03. The van der Waals surface area contributed by atoms with Crippen molar-refractivity contribution in [1.82, 2.24) is 0 Å². The third-order valence-corrected chi connectivity index (χ3v) is 2.72. The lowest BCUT2D eigenvalue weighted by Gasteiger charge is -2.06. The second kappa shape index (κ2) is 3.97. The Morgan fingerprint density at radius 3 is 2.06 bits per heavy atom. The number of benzene rings is 1. The van der Waals surface area contributed by atoms with Crippen molar-refractivity contribution < 1.29 is 17.6 Å². The van der Waals surface area contributed by atoms with Gasteiger partial charge in [0.2, 0.25) is 0 Å². The molecule has 0 aliphatic rings. The molecule has 1 aromatic heterocycles. The molecule has 2 aromatic rings. The highest BCUT2D eigenvalue weighted by Gasteiger charge is 2.30. The van der Waals surface area contributed by atoms with Crippen molar-refractivity contribution in [1.29, 1.82) is 0 Å². The first-order valence-electron chi connectivity index (χ1n) is 4.39. The van der Waals surface area contributed by atoms with Gasteiger partial charge in [0.25, 0.3) is 0 Å². The maximum atomic E-state index is 12.3. The van der Waals surface area contributed by atoms with Gasteiger partial charge in [-0.25, -0.2) is 0 Å². The van der Waals surface area contributed by atoms with Gasteiger partial charge < -0.3 is 4.42 Å². The molecular weight excluding hydrogens is 285 g/mol. The molecule has 0 fully saturated rings. The Bertz CT molecular complexity index is 485. The summed E-state index contributed by atoms with van der Waals surface area (Å²) >= 11 is 3.25. The maximum absolute atomic E-state index is 12.3. The zero-order chi connectivity index (χ0) is 11.8. The van der Waals surface area contributed by atoms with E-state index in [4.69, 9.17) is 4.42 Å². The molecule has 0 atom stereocenters.